The number of halogens is 2. The summed E-state index contributed by atoms with van der Waals surface area (Å²) < 4.78 is 2.79. The van der Waals surface area contributed by atoms with Crippen LogP contribution >= 0.6 is 27.5 Å². The molecule has 0 spiro atoms. The molecule has 2 rings (SSSR count). The predicted octanol–water partition coefficient (Wildman–Crippen LogP) is 3.97. The SMILES string of the molecule is CCn1cncc1-c1nc(Cl)c(Br)c(CC(C)C)n1. The zero-order chi connectivity index (χ0) is 14.0. The Labute approximate surface area is 126 Å². The van der Waals surface area contributed by atoms with Crippen LogP contribution in [0.4, 0.5) is 0 Å². The van der Waals surface area contributed by atoms with E-state index < -0.39 is 0 Å². The third-order valence-corrected chi connectivity index (χ3v) is 4.10. The maximum atomic E-state index is 6.19. The predicted molar refractivity (Wildman–Crippen MR) is 80.2 cm³/mol. The molecule has 2 aromatic rings. The van der Waals surface area contributed by atoms with Gasteiger partial charge in [-0.05, 0) is 35.2 Å². The molecule has 0 amide bonds. The number of imidazole rings is 1. The Morgan fingerprint density at radius 2 is 2.11 bits per heavy atom. The van der Waals surface area contributed by atoms with Crippen LogP contribution in [0.15, 0.2) is 17.0 Å². The Hall–Kier alpha value is -0.940. The van der Waals surface area contributed by atoms with E-state index in [1.165, 1.54) is 0 Å². The molecule has 19 heavy (non-hydrogen) atoms. The van der Waals surface area contributed by atoms with Gasteiger partial charge in [-0.3, -0.25) is 0 Å². The van der Waals surface area contributed by atoms with Crippen LogP contribution in [0.1, 0.15) is 26.5 Å². The fraction of sp³-hybridized carbons (Fsp3) is 0.462. The highest BCUT2D eigenvalue weighted by molar-refractivity contribution is 9.10. The quantitative estimate of drug-likeness (QED) is 0.789. The topological polar surface area (TPSA) is 43.6 Å². The average Bonchev–Trinajstić information content (AvgIpc) is 2.82. The lowest BCUT2D eigenvalue weighted by molar-refractivity contribution is 0.632. The molecule has 6 heteroatoms. The highest BCUT2D eigenvalue weighted by Crippen LogP contribution is 2.28. The van der Waals surface area contributed by atoms with Crippen molar-refractivity contribution < 1.29 is 0 Å². The van der Waals surface area contributed by atoms with E-state index in [1.54, 1.807) is 12.5 Å². The van der Waals surface area contributed by atoms with Crippen molar-refractivity contribution in [1.82, 2.24) is 19.5 Å². The number of aryl methyl sites for hydroxylation is 1. The van der Waals surface area contributed by atoms with E-state index >= 15 is 0 Å². The summed E-state index contributed by atoms with van der Waals surface area (Å²) in [4.78, 5) is 13.1. The van der Waals surface area contributed by atoms with Crippen molar-refractivity contribution in [3.05, 3.63) is 27.8 Å². The van der Waals surface area contributed by atoms with Crippen molar-refractivity contribution in [2.24, 2.45) is 5.92 Å². The van der Waals surface area contributed by atoms with Crippen LogP contribution < -0.4 is 0 Å². The monoisotopic (exact) mass is 342 g/mol. The van der Waals surface area contributed by atoms with Crippen LogP contribution in [0, 0.1) is 5.92 Å². The molecule has 0 fully saturated rings. The van der Waals surface area contributed by atoms with Crippen LogP contribution in [0.3, 0.4) is 0 Å². The summed E-state index contributed by atoms with van der Waals surface area (Å²) in [6.45, 7) is 7.18. The van der Waals surface area contributed by atoms with Gasteiger partial charge in [0.05, 0.1) is 22.7 Å². The molecule has 0 bridgehead atoms. The molecular weight excluding hydrogens is 328 g/mol. The molecular formula is C13H16BrClN4. The molecule has 0 aliphatic heterocycles. The summed E-state index contributed by atoms with van der Waals surface area (Å²) in [5.41, 5.74) is 1.83. The molecule has 0 saturated carbocycles. The molecule has 0 N–H and O–H groups in total. The van der Waals surface area contributed by atoms with Crippen LogP contribution in [-0.4, -0.2) is 19.5 Å². The Balaban J connectivity index is 2.50. The number of rotatable bonds is 4. The van der Waals surface area contributed by atoms with E-state index in [9.17, 15) is 0 Å². The summed E-state index contributed by atoms with van der Waals surface area (Å²) in [5, 5.41) is 0.449. The van der Waals surface area contributed by atoms with E-state index in [-0.39, 0.29) is 0 Å². The molecule has 0 aliphatic rings. The second kappa shape index (κ2) is 6.01. The average molecular weight is 344 g/mol. The van der Waals surface area contributed by atoms with Gasteiger partial charge >= 0.3 is 0 Å². The van der Waals surface area contributed by atoms with Crippen LogP contribution in [-0.2, 0) is 13.0 Å². The zero-order valence-electron chi connectivity index (χ0n) is 11.2. The first-order chi connectivity index (χ1) is 9.02. The van der Waals surface area contributed by atoms with Gasteiger partial charge in [-0.15, -0.1) is 0 Å². The minimum absolute atomic E-state index is 0.449. The van der Waals surface area contributed by atoms with Gasteiger partial charge in [0.2, 0.25) is 0 Å². The molecule has 0 unspecified atom stereocenters. The maximum Gasteiger partial charge on any atom is 0.179 e. The first kappa shape index (κ1) is 14.5. The van der Waals surface area contributed by atoms with Gasteiger partial charge in [-0.25, -0.2) is 15.0 Å². The molecule has 0 radical (unpaired) electrons. The lowest BCUT2D eigenvalue weighted by Gasteiger charge is -2.10. The molecule has 0 saturated heterocycles. The molecule has 0 aliphatic carbocycles. The Bertz CT molecular complexity index is 580. The summed E-state index contributed by atoms with van der Waals surface area (Å²) in [7, 11) is 0. The second-order valence-electron chi connectivity index (χ2n) is 4.76. The fourth-order valence-corrected chi connectivity index (χ4v) is 2.39. The summed E-state index contributed by atoms with van der Waals surface area (Å²) in [6, 6.07) is 0. The van der Waals surface area contributed by atoms with E-state index in [0.29, 0.717) is 16.9 Å². The Morgan fingerprint density at radius 3 is 2.74 bits per heavy atom. The van der Waals surface area contributed by atoms with E-state index in [4.69, 9.17) is 11.6 Å². The van der Waals surface area contributed by atoms with E-state index in [0.717, 1.165) is 28.8 Å². The smallest absolute Gasteiger partial charge is 0.179 e. The van der Waals surface area contributed by atoms with Crippen molar-refractivity contribution in [2.45, 2.75) is 33.7 Å². The van der Waals surface area contributed by atoms with E-state index in [2.05, 4.69) is 51.7 Å². The molecule has 0 aromatic carbocycles. The number of hydrogen-bond acceptors (Lipinski definition) is 3. The van der Waals surface area contributed by atoms with Crippen LogP contribution in [0.2, 0.25) is 5.15 Å². The summed E-state index contributed by atoms with van der Waals surface area (Å²) >= 11 is 9.65. The fourth-order valence-electron chi connectivity index (χ4n) is 1.86. The van der Waals surface area contributed by atoms with Gasteiger partial charge in [0, 0.05) is 6.54 Å². The minimum atomic E-state index is 0.449. The highest BCUT2D eigenvalue weighted by Gasteiger charge is 2.15. The number of aromatic nitrogens is 4. The summed E-state index contributed by atoms with van der Waals surface area (Å²) in [6.07, 6.45) is 4.40. The van der Waals surface area contributed by atoms with Crippen molar-refractivity contribution in [3.8, 4) is 11.5 Å². The normalized spacial score (nSPS) is 11.3. The third-order valence-electron chi connectivity index (χ3n) is 2.76. The van der Waals surface area contributed by atoms with Crippen molar-refractivity contribution in [2.75, 3.05) is 0 Å². The van der Waals surface area contributed by atoms with Gasteiger partial charge in [0.15, 0.2) is 5.82 Å². The van der Waals surface area contributed by atoms with Crippen LogP contribution in [0.25, 0.3) is 11.5 Å². The lowest BCUT2D eigenvalue weighted by atomic mass is 10.1. The first-order valence-electron chi connectivity index (χ1n) is 6.25. The van der Waals surface area contributed by atoms with Gasteiger partial charge < -0.3 is 4.57 Å². The maximum absolute atomic E-state index is 6.19. The first-order valence-corrected chi connectivity index (χ1v) is 7.42. The molecule has 2 aromatic heterocycles. The largest absolute Gasteiger partial charge is 0.328 e. The minimum Gasteiger partial charge on any atom is -0.328 e. The lowest BCUT2D eigenvalue weighted by Crippen LogP contribution is -2.05. The number of nitrogens with zero attached hydrogens (tertiary/aromatic N) is 4. The molecule has 4 nitrogen and oxygen atoms in total. The van der Waals surface area contributed by atoms with Gasteiger partial charge in [-0.2, -0.15) is 0 Å². The van der Waals surface area contributed by atoms with Crippen molar-refractivity contribution >= 4 is 27.5 Å². The zero-order valence-corrected chi connectivity index (χ0v) is 13.5. The van der Waals surface area contributed by atoms with Gasteiger partial charge in [0.1, 0.15) is 10.8 Å². The molecule has 2 heterocycles. The van der Waals surface area contributed by atoms with Crippen LogP contribution in [0.5, 0.6) is 0 Å². The van der Waals surface area contributed by atoms with Gasteiger partial charge in [0.25, 0.3) is 0 Å². The van der Waals surface area contributed by atoms with Crippen molar-refractivity contribution in [1.29, 1.82) is 0 Å². The third kappa shape index (κ3) is 3.15. The standard InChI is InChI=1S/C13H16BrClN4/c1-4-19-7-16-6-10(19)13-17-9(5-8(2)3)11(14)12(15)18-13/h6-8H,4-5H2,1-3H3. The Morgan fingerprint density at radius 1 is 1.37 bits per heavy atom. The van der Waals surface area contributed by atoms with Gasteiger partial charge in [-0.1, -0.05) is 25.4 Å². The second-order valence-corrected chi connectivity index (χ2v) is 5.91. The van der Waals surface area contributed by atoms with E-state index in [1.807, 2.05) is 4.57 Å². The Kier molecular flexibility index (Phi) is 4.58. The molecule has 0 atom stereocenters. The highest BCUT2D eigenvalue weighted by atomic mass is 79.9. The molecule has 102 valence electrons. The number of hydrogen-bond donors (Lipinski definition) is 0. The van der Waals surface area contributed by atoms with Crippen molar-refractivity contribution in [3.63, 3.8) is 0 Å². The summed E-state index contributed by atoms with van der Waals surface area (Å²) in [5.74, 6) is 1.13.